The van der Waals surface area contributed by atoms with E-state index in [1.165, 1.54) is 0 Å². The second kappa shape index (κ2) is 5.63. The van der Waals surface area contributed by atoms with Gasteiger partial charge in [0.2, 0.25) is 0 Å². The highest BCUT2D eigenvalue weighted by molar-refractivity contribution is 5.94. The fourth-order valence-corrected chi connectivity index (χ4v) is 1.52. The number of amides is 1. The Kier molecular flexibility index (Phi) is 4.46. The number of aryl methyl sites for hydroxylation is 2. The Labute approximate surface area is 94.9 Å². The lowest BCUT2D eigenvalue weighted by Gasteiger charge is -2.13. The molecule has 0 aromatic heterocycles. The normalized spacial score (nSPS) is 10.6. The van der Waals surface area contributed by atoms with Crippen LogP contribution in [-0.4, -0.2) is 35.4 Å². The number of benzene rings is 1. The first kappa shape index (κ1) is 12.7. The Morgan fingerprint density at radius 2 is 1.69 bits per heavy atom. The number of nitrogens with one attached hydrogen (secondary N) is 1. The molecule has 1 amide bonds. The number of carbonyl (C=O) groups is 1. The first-order valence-electron chi connectivity index (χ1n) is 5.17. The summed E-state index contributed by atoms with van der Waals surface area (Å²) in [4.78, 5) is 11.7. The van der Waals surface area contributed by atoms with Crippen LogP contribution >= 0.6 is 0 Å². The predicted molar refractivity (Wildman–Crippen MR) is 61.3 cm³/mol. The molecular formula is C12H17NO3. The number of hydrogen-bond donors (Lipinski definition) is 3. The smallest absolute Gasteiger partial charge is 0.251 e. The molecule has 4 heteroatoms. The third-order valence-electron chi connectivity index (χ3n) is 2.26. The van der Waals surface area contributed by atoms with Crippen molar-refractivity contribution >= 4 is 5.91 Å². The van der Waals surface area contributed by atoms with Gasteiger partial charge < -0.3 is 15.5 Å². The van der Waals surface area contributed by atoms with Crippen LogP contribution in [0.25, 0.3) is 0 Å². The van der Waals surface area contributed by atoms with Gasteiger partial charge in [0.15, 0.2) is 0 Å². The van der Waals surface area contributed by atoms with E-state index < -0.39 is 6.04 Å². The Balaban J connectivity index is 2.80. The molecule has 0 fully saturated rings. The van der Waals surface area contributed by atoms with Gasteiger partial charge in [0.1, 0.15) is 0 Å². The Bertz CT molecular complexity index is 352. The SMILES string of the molecule is Cc1cc(C)cc(C(=O)NC(CO)CO)c1. The maximum atomic E-state index is 11.7. The molecule has 0 aliphatic rings. The molecule has 0 aliphatic carbocycles. The van der Waals surface area contributed by atoms with Crippen LogP contribution in [0.2, 0.25) is 0 Å². The van der Waals surface area contributed by atoms with Crippen molar-refractivity contribution in [1.29, 1.82) is 0 Å². The quantitative estimate of drug-likeness (QED) is 0.691. The molecule has 1 aromatic rings. The highest BCUT2D eigenvalue weighted by Gasteiger charge is 2.12. The zero-order valence-electron chi connectivity index (χ0n) is 9.53. The highest BCUT2D eigenvalue weighted by Crippen LogP contribution is 2.08. The number of hydrogen-bond acceptors (Lipinski definition) is 3. The molecule has 0 saturated heterocycles. The Morgan fingerprint density at radius 1 is 1.19 bits per heavy atom. The first-order chi connectivity index (χ1) is 7.56. The van der Waals surface area contributed by atoms with E-state index >= 15 is 0 Å². The van der Waals surface area contributed by atoms with Gasteiger partial charge in [-0.2, -0.15) is 0 Å². The van der Waals surface area contributed by atoms with Crippen LogP contribution in [0.15, 0.2) is 18.2 Å². The number of carbonyl (C=O) groups excluding carboxylic acids is 1. The van der Waals surface area contributed by atoms with Crippen molar-refractivity contribution in [2.75, 3.05) is 13.2 Å². The van der Waals surface area contributed by atoms with Gasteiger partial charge in [0.25, 0.3) is 5.91 Å². The minimum atomic E-state index is -0.603. The van der Waals surface area contributed by atoms with Crippen molar-refractivity contribution in [3.05, 3.63) is 34.9 Å². The zero-order chi connectivity index (χ0) is 12.1. The van der Waals surface area contributed by atoms with Crippen molar-refractivity contribution < 1.29 is 15.0 Å². The van der Waals surface area contributed by atoms with Crippen LogP contribution in [0.5, 0.6) is 0 Å². The largest absolute Gasteiger partial charge is 0.394 e. The topological polar surface area (TPSA) is 69.6 Å². The highest BCUT2D eigenvalue weighted by atomic mass is 16.3. The summed E-state index contributed by atoms with van der Waals surface area (Å²) >= 11 is 0. The molecule has 0 saturated carbocycles. The van der Waals surface area contributed by atoms with E-state index in [0.29, 0.717) is 5.56 Å². The van der Waals surface area contributed by atoms with Gasteiger partial charge in [0, 0.05) is 5.56 Å². The minimum absolute atomic E-state index is 0.271. The monoisotopic (exact) mass is 223 g/mol. The second-order valence-electron chi connectivity index (χ2n) is 3.91. The van der Waals surface area contributed by atoms with E-state index in [1.54, 1.807) is 12.1 Å². The van der Waals surface area contributed by atoms with Crippen molar-refractivity contribution in [3.63, 3.8) is 0 Å². The molecule has 0 spiro atoms. The van der Waals surface area contributed by atoms with E-state index in [1.807, 2.05) is 19.9 Å². The van der Waals surface area contributed by atoms with E-state index in [2.05, 4.69) is 5.32 Å². The average Bonchev–Trinajstić information content (AvgIpc) is 2.24. The van der Waals surface area contributed by atoms with E-state index in [0.717, 1.165) is 11.1 Å². The van der Waals surface area contributed by atoms with Crippen LogP contribution < -0.4 is 5.32 Å². The number of aliphatic hydroxyl groups excluding tert-OH is 2. The van der Waals surface area contributed by atoms with Crippen molar-refractivity contribution in [3.8, 4) is 0 Å². The van der Waals surface area contributed by atoms with Gasteiger partial charge in [-0.25, -0.2) is 0 Å². The molecule has 16 heavy (non-hydrogen) atoms. The lowest BCUT2D eigenvalue weighted by atomic mass is 10.1. The molecule has 1 rings (SSSR count). The summed E-state index contributed by atoms with van der Waals surface area (Å²) in [5.74, 6) is -0.278. The molecule has 3 N–H and O–H groups in total. The van der Waals surface area contributed by atoms with Crippen LogP contribution in [-0.2, 0) is 0 Å². The molecule has 1 aromatic carbocycles. The predicted octanol–water partition coefficient (Wildman–Crippen LogP) is 0.386. The third-order valence-corrected chi connectivity index (χ3v) is 2.26. The fraction of sp³-hybridized carbons (Fsp3) is 0.417. The molecule has 0 radical (unpaired) electrons. The lowest BCUT2D eigenvalue weighted by molar-refractivity contribution is 0.0879. The molecule has 0 aliphatic heterocycles. The number of aliphatic hydroxyl groups is 2. The van der Waals surface area contributed by atoms with Crippen LogP contribution in [0.3, 0.4) is 0 Å². The zero-order valence-corrected chi connectivity index (χ0v) is 9.53. The van der Waals surface area contributed by atoms with Crippen LogP contribution in [0.4, 0.5) is 0 Å². The van der Waals surface area contributed by atoms with Gasteiger partial charge in [-0.15, -0.1) is 0 Å². The number of rotatable bonds is 4. The maximum absolute atomic E-state index is 11.7. The van der Waals surface area contributed by atoms with Crippen LogP contribution in [0, 0.1) is 13.8 Å². The van der Waals surface area contributed by atoms with Gasteiger partial charge >= 0.3 is 0 Å². The first-order valence-corrected chi connectivity index (χ1v) is 5.17. The Hall–Kier alpha value is -1.39. The lowest BCUT2D eigenvalue weighted by Crippen LogP contribution is -2.40. The summed E-state index contributed by atoms with van der Waals surface area (Å²) in [6.45, 7) is 3.29. The molecule has 88 valence electrons. The maximum Gasteiger partial charge on any atom is 0.251 e. The molecule has 0 unspecified atom stereocenters. The van der Waals surface area contributed by atoms with Crippen molar-refractivity contribution in [2.24, 2.45) is 0 Å². The summed E-state index contributed by atoms with van der Waals surface area (Å²) in [6.07, 6.45) is 0. The molecule has 0 atom stereocenters. The second-order valence-corrected chi connectivity index (χ2v) is 3.91. The fourth-order valence-electron chi connectivity index (χ4n) is 1.52. The summed E-state index contributed by atoms with van der Waals surface area (Å²) in [5, 5.41) is 20.3. The average molecular weight is 223 g/mol. The summed E-state index contributed by atoms with van der Waals surface area (Å²) in [6, 6.07) is 4.92. The van der Waals surface area contributed by atoms with E-state index in [4.69, 9.17) is 10.2 Å². The molecule has 4 nitrogen and oxygen atoms in total. The summed E-state index contributed by atoms with van der Waals surface area (Å²) < 4.78 is 0. The summed E-state index contributed by atoms with van der Waals surface area (Å²) in [7, 11) is 0. The van der Waals surface area contributed by atoms with Gasteiger partial charge in [-0.1, -0.05) is 17.2 Å². The van der Waals surface area contributed by atoms with Crippen LogP contribution in [0.1, 0.15) is 21.5 Å². The standard InChI is InChI=1S/C12H17NO3/c1-8-3-9(2)5-10(4-8)12(16)13-11(6-14)7-15/h3-5,11,14-15H,6-7H2,1-2H3,(H,13,16). The Morgan fingerprint density at radius 3 is 2.12 bits per heavy atom. The molecular weight excluding hydrogens is 206 g/mol. The van der Waals surface area contributed by atoms with Gasteiger partial charge in [-0.05, 0) is 26.0 Å². The third kappa shape index (κ3) is 3.32. The van der Waals surface area contributed by atoms with Gasteiger partial charge in [0.05, 0.1) is 19.3 Å². The van der Waals surface area contributed by atoms with Gasteiger partial charge in [-0.3, -0.25) is 4.79 Å². The summed E-state index contributed by atoms with van der Waals surface area (Å²) in [5.41, 5.74) is 2.56. The van der Waals surface area contributed by atoms with E-state index in [9.17, 15) is 4.79 Å². The molecule has 0 heterocycles. The van der Waals surface area contributed by atoms with Crippen molar-refractivity contribution in [2.45, 2.75) is 19.9 Å². The van der Waals surface area contributed by atoms with Crippen molar-refractivity contribution in [1.82, 2.24) is 5.32 Å². The van der Waals surface area contributed by atoms with E-state index in [-0.39, 0.29) is 19.1 Å². The molecule has 0 bridgehead atoms. The minimum Gasteiger partial charge on any atom is -0.394 e.